The van der Waals surface area contributed by atoms with Gasteiger partial charge in [0.2, 0.25) is 5.91 Å². The maximum absolute atomic E-state index is 12.6. The summed E-state index contributed by atoms with van der Waals surface area (Å²) in [7, 11) is -4.19. The Morgan fingerprint density at radius 3 is 2.23 bits per heavy atom. The summed E-state index contributed by atoms with van der Waals surface area (Å²) in [6.45, 7) is 21.0. The SMILES string of the molecule is CC(=O)Nc1ccn([C@@H]2O[C@H](CO[Si](O[SiH](C(C)C)C(C)C)(C(C)C)C(C)C)C(O)[C@H]2C)c(=O)n1. The van der Waals surface area contributed by atoms with Crippen LogP contribution in [0.15, 0.2) is 17.1 Å². The van der Waals surface area contributed by atoms with E-state index in [4.69, 9.17) is 13.3 Å². The molecule has 200 valence electrons. The number of aliphatic hydroxyl groups excluding tert-OH is 1. The van der Waals surface area contributed by atoms with Crippen LogP contribution in [0.4, 0.5) is 5.82 Å². The molecule has 0 aromatic carbocycles. The second-order valence-electron chi connectivity index (χ2n) is 11.0. The molecule has 1 unspecified atom stereocenters. The molecule has 35 heavy (non-hydrogen) atoms. The predicted octanol–water partition coefficient (Wildman–Crippen LogP) is 3.94. The van der Waals surface area contributed by atoms with Gasteiger partial charge >= 0.3 is 14.3 Å². The lowest BCUT2D eigenvalue weighted by Gasteiger charge is -2.43. The highest BCUT2D eigenvalue weighted by atomic mass is 28.4. The minimum Gasteiger partial charge on any atom is -0.437 e. The smallest absolute Gasteiger partial charge is 0.351 e. The highest BCUT2D eigenvalue weighted by Crippen LogP contribution is 2.40. The van der Waals surface area contributed by atoms with Gasteiger partial charge in [0.05, 0.1) is 12.7 Å². The van der Waals surface area contributed by atoms with E-state index < -0.39 is 41.7 Å². The number of rotatable bonds is 11. The van der Waals surface area contributed by atoms with Gasteiger partial charge in [0.15, 0.2) is 9.04 Å². The van der Waals surface area contributed by atoms with Crippen LogP contribution in [0.1, 0.15) is 75.5 Å². The number of ether oxygens (including phenoxy) is 1. The molecule has 1 aliphatic heterocycles. The van der Waals surface area contributed by atoms with Gasteiger partial charge in [-0.2, -0.15) is 4.98 Å². The fourth-order valence-electron chi connectivity index (χ4n) is 4.98. The van der Waals surface area contributed by atoms with Crippen molar-refractivity contribution in [1.29, 1.82) is 0 Å². The van der Waals surface area contributed by atoms with Crippen molar-refractivity contribution in [2.45, 2.75) is 110 Å². The van der Waals surface area contributed by atoms with Crippen LogP contribution in [0.2, 0.25) is 22.2 Å². The zero-order chi connectivity index (χ0) is 26.7. The van der Waals surface area contributed by atoms with Gasteiger partial charge in [-0.15, -0.1) is 0 Å². The molecule has 0 aliphatic carbocycles. The number of carbonyl (C=O) groups is 1. The van der Waals surface area contributed by atoms with Crippen molar-refractivity contribution in [1.82, 2.24) is 9.55 Å². The van der Waals surface area contributed by atoms with E-state index in [1.54, 1.807) is 6.07 Å². The van der Waals surface area contributed by atoms with Gasteiger partial charge in [-0.25, -0.2) is 4.79 Å². The molecule has 2 heterocycles. The van der Waals surface area contributed by atoms with E-state index in [2.05, 4.69) is 65.7 Å². The summed E-state index contributed by atoms with van der Waals surface area (Å²) in [6.07, 6.45) is -0.559. The Bertz CT molecular complexity index is 891. The van der Waals surface area contributed by atoms with Crippen LogP contribution in [0.25, 0.3) is 0 Å². The zero-order valence-corrected chi connectivity index (χ0v) is 25.1. The normalized spacial score (nSPS) is 23.3. The number of aliphatic hydroxyl groups is 1. The van der Waals surface area contributed by atoms with Crippen LogP contribution in [0.3, 0.4) is 0 Å². The van der Waals surface area contributed by atoms with Crippen molar-refractivity contribution in [2.75, 3.05) is 11.9 Å². The van der Waals surface area contributed by atoms with Crippen molar-refractivity contribution >= 4 is 29.3 Å². The topological polar surface area (TPSA) is 112 Å². The van der Waals surface area contributed by atoms with Gasteiger partial charge in [-0.05, 0) is 28.2 Å². The van der Waals surface area contributed by atoms with E-state index in [-0.39, 0.29) is 35.3 Å². The number of hydrogen-bond donors (Lipinski definition) is 2. The molecular formula is C24H45N3O6Si2. The maximum atomic E-state index is 12.6. The Kier molecular flexibility index (Phi) is 10.4. The van der Waals surface area contributed by atoms with E-state index in [1.165, 1.54) is 17.7 Å². The van der Waals surface area contributed by atoms with Crippen molar-refractivity contribution in [2.24, 2.45) is 5.92 Å². The van der Waals surface area contributed by atoms with Crippen molar-refractivity contribution in [3.8, 4) is 0 Å². The standard InChI is InChI=1S/C24H45N3O6Si2/c1-14(2)34(15(3)4)33-35(16(5)6,17(7)8)31-13-20-22(29)18(9)23(32-20)27-12-11-21(25-19(10)28)26-24(27)30/h11-12,14-18,20,22-23,29,34H,13H2,1-10H3,(H,25,26,28,30)/t18-,20-,22?,23-/m1/s1. The molecule has 1 amide bonds. The third-order valence-corrected chi connectivity index (χ3v) is 15.8. The van der Waals surface area contributed by atoms with Crippen molar-refractivity contribution < 1.29 is 23.2 Å². The average Bonchev–Trinajstić information content (AvgIpc) is 3.01. The molecule has 1 aromatic rings. The second kappa shape index (κ2) is 12.2. The third-order valence-electron chi connectivity index (χ3n) is 6.81. The Morgan fingerprint density at radius 1 is 1.20 bits per heavy atom. The van der Waals surface area contributed by atoms with Gasteiger partial charge in [-0.3, -0.25) is 9.36 Å². The lowest BCUT2D eigenvalue weighted by atomic mass is 10.0. The Hall–Kier alpha value is -1.38. The summed E-state index contributed by atoms with van der Waals surface area (Å²) >= 11 is 0. The monoisotopic (exact) mass is 527 g/mol. The Balaban J connectivity index is 2.24. The first-order valence-electron chi connectivity index (χ1n) is 12.7. The summed E-state index contributed by atoms with van der Waals surface area (Å²) in [4.78, 5) is 27.8. The summed E-state index contributed by atoms with van der Waals surface area (Å²) < 4.78 is 21.2. The number of nitrogens with one attached hydrogen (secondary N) is 1. The number of anilines is 1. The molecule has 0 bridgehead atoms. The minimum absolute atomic E-state index is 0.181. The van der Waals surface area contributed by atoms with Crippen LogP contribution in [0, 0.1) is 5.92 Å². The number of carbonyl (C=O) groups excluding carboxylic acids is 1. The number of nitrogens with zero attached hydrogens (tertiary/aromatic N) is 2. The molecule has 1 aromatic heterocycles. The van der Waals surface area contributed by atoms with Crippen LogP contribution >= 0.6 is 0 Å². The fraction of sp³-hybridized carbons (Fsp3) is 0.792. The highest BCUT2D eigenvalue weighted by Gasteiger charge is 2.50. The number of amides is 1. The molecule has 1 saturated heterocycles. The van der Waals surface area contributed by atoms with Gasteiger partial charge in [0.1, 0.15) is 18.1 Å². The average molecular weight is 528 g/mol. The zero-order valence-electron chi connectivity index (χ0n) is 22.9. The van der Waals surface area contributed by atoms with E-state index in [0.717, 1.165) is 0 Å². The molecule has 2 N–H and O–H groups in total. The van der Waals surface area contributed by atoms with Gasteiger partial charge in [0.25, 0.3) is 0 Å². The first-order chi connectivity index (χ1) is 16.2. The van der Waals surface area contributed by atoms with Crippen molar-refractivity contribution in [3.05, 3.63) is 22.7 Å². The van der Waals surface area contributed by atoms with Gasteiger partial charge in [-0.1, -0.05) is 62.3 Å². The largest absolute Gasteiger partial charge is 0.437 e. The minimum atomic E-state index is -2.64. The summed E-state index contributed by atoms with van der Waals surface area (Å²) in [6, 6.07) is 1.54. The highest BCUT2D eigenvalue weighted by molar-refractivity contribution is 6.78. The molecule has 9 nitrogen and oxygen atoms in total. The van der Waals surface area contributed by atoms with E-state index in [1.807, 2.05) is 6.92 Å². The fourth-order valence-corrected chi connectivity index (χ4v) is 15.3. The van der Waals surface area contributed by atoms with E-state index in [9.17, 15) is 14.7 Å². The van der Waals surface area contributed by atoms with Gasteiger partial charge < -0.3 is 23.7 Å². The summed E-state index contributed by atoms with van der Waals surface area (Å²) in [5, 5.41) is 13.5. The number of aromatic nitrogens is 2. The third kappa shape index (κ3) is 6.89. The molecule has 11 heteroatoms. The lowest BCUT2D eigenvalue weighted by Crippen LogP contribution is -2.54. The Morgan fingerprint density at radius 2 is 1.77 bits per heavy atom. The van der Waals surface area contributed by atoms with Crippen molar-refractivity contribution in [3.63, 3.8) is 0 Å². The lowest BCUT2D eigenvalue weighted by molar-refractivity contribution is -0.114. The first-order valence-corrected chi connectivity index (χ1v) is 16.5. The summed E-state index contributed by atoms with van der Waals surface area (Å²) in [5.74, 6) is -0.475. The molecule has 0 saturated carbocycles. The van der Waals surface area contributed by atoms with Crippen LogP contribution in [0.5, 0.6) is 0 Å². The van der Waals surface area contributed by atoms with Gasteiger partial charge in [0, 0.05) is 19.0 Å². The molecular weight excluding hydrogens is 482 g/mol. The van der Waals surface area contributed by atoms with Crippen LogP contribution in [-0.4, -0.2) is 57.0 Å². The molecule has 1 aliphatic rings. The quantitative estimate of drug-likeness (QED) is 0.419. The Labute approximate surface area is 212 Å². The first kappa shape index (κ1) is 29.9. The van der Waals surface area contributed by atoms with E-state index in [0.29, 0.717) is 11.1 Å². The van der Waals surface area contributed by atoms with E-state index >= 15 is 0 Å². The van der Waals surface area contributed by atoms with Crippen LogP contribution < -0.4 is 11.0 Å². The second-order valence-corrected chi connectivity index (χ2v) is 19.6. The number of hydrogen-bond acceptors (Lipinski definition) is 7. The predicted molar refractivity (Wildman–Crippen MR) is 142 cm³/mol. The molecule has 0 spiro atoms. The summed E-state index contributed by atoms with van der Waals surface area (Å²) in [5.41, 5.74) is 0.881. The van der Waals surface area contributed by atoms with Crippen LogP contribution in [-0.2, 0) is 18.1 Å². The molecule has 2 rings (SSSR count). The maximum Gasteiger partial charge on any atom is 0.351 e. The molecule has 0 radical (unpaired) electrons. The molecule has 1 fully saturated rings. The molecule has 4 atom stereocenters.